The summed E-state index contributed by atoms with van der Waals surface area (Å²) in [5.74, 6) is 0.698. The minimum atomic E-state index is 0.698. The second-order valence-electron chi connectivity index (χ2n) is 4.93. The molecule has 0 saturated carbocycles. The summed E-state index contributed by atoms with van der Waals surface area (Å²) in [6, 6.07) is 0. The molecule has 0 radical (unpaired) electrons. The van der Waals surface area contributed by atoms with Gasteiger partial charge in [0.1, 0.15) is 0 Å². The van der Waals surface area contributed by atoms with E-state index >= 15 is 0 Å². The van der Waals surface area contributed by atoms with Gasteiger partial charge in [-0.2, -0.15) is 0 Å². The van der Waals surface area contributed by atoms with E-state index in [1.165, 1.54) is 0 Å². The third kappa shape index (κ3) is 5.40. The summed E-state index contributed by atoms with van der Waals surface area (Å²) in [6.07, 6.45) is 4.91. The van der Waals surface area contributed by atoms with Crippen LogP contribution >= 0.6 is 0 Å². The topological polar surface area (TPSA) is 62.3 Å². The number of ether oxygens (including phenoxy) is 1. The fourth-order valence-corrected chi connectivity index (χ4v) is 2.18. The van der Waals surface area contributed by atoms with Gasteiger partial charge in [0.15, 0.2) is 0 Å². The number of morpholine rings is 1. The SMILES string of the molecule is CCNc1ncc(CNCCCN2CCOCC2)cn1. The van der Waals surface area contributed by atoms with E-state index in [2.05, 4.69) is 25.5 Å². The number of anilines is 1. The van der Waals surface area contributed by atoms with Crippen LogP contribution < -0.4 is 10.6 Å². The zero-order valence-corrected chi connectivity index (χ0v) is 12.3. The predicted octanol–water partition coefficient (Wildman–Crippen LogP) is 0.720. The minimum Gasteiger partial charge on any atom is -0.379 e. The highest BCUT2D eigenvalue weighted by Gasteiger charge is 2.08. The van der Waals surface area contributed by atoms with Crippen molar-refractivity contribution < 1.29 is 4.74 Å². The van der Waals surface area contributed by atoms with Gasteiger partial charge >= 0.3 is 0 Å². The molecule has 1 fully saturated rings. The summed E-state index contributed by atoms with van der Waals surface area (Å²) in [6.45, 7) is 9.77. The predicted molar refractivity (Wildman–Crippen MR) is 79.8 cm³/mol. The van der Waals surface area contributed by atoms with Crippen molar-refractivity contribution in [2.75, 3.05) is 51.3 Å². The second kappa shape index (κ2) is 8.84. The molecule has 0 aromatic carbocycles. The maximum atomic E-state index is 5.34. The molecule has 0 unspecified atom stereocenters. The van der Waals surface area contributed by atoms with Gasteiger partial charge in [0.2, 0.25) is 5.95 Å². The number of aromatic nitrogens is 2. The average Bonchev–Trinajstić information content (AvgIpc) is 2.50. The van der Waals surface area contributed by atoms with Gasteiger partial charge in [0.25, 0.3) is 0 Å². The molecule has 112 valence electrons. The monoisotopic (exact) mass is 279 g/mol. The first-order chi connectivity index (χ1) is 9.88. The van der Waals surface area contributed by atoms with Crippen LogP contribution in [0.15, 0.2) is 12.4 Å². The summed E-state index contributed by atoms with van der Waals surface area (Å²) in [5.41, 5.74) is 1.12. The summed E-state index contributed by atoms with van der Waals surface area (Å²) < 4.78 is 5.34. The first kappa shape index (κ1) is 15.2. The molecule has 0 bridgehead atoms. The lowest BCUT2D eigenvalue weighted by Gasteiger charge is -2.26. The van der Waals surface area contributed by atoms with E-state index in [0.717, 1.165) is 64.5 Å². The van der Waals surface area contributed by atoms with Gasteiger partial charge in [-0.3, -0.25) is 4.90 Å². The Bertz CT molecular complexity index is 364. The molecule has 1 aromatic rings. The number of hydrogen-bond acceptors (Lipinski definition) is 6. The highest BCUT2D eigenvalue weighted by Crippen LogP contribution is 2.00. The Morgan fingerprint density at radius 3 is 2.70 bits per heavy atom. The molecule has 2 rings (SSSR count). The zero-order valence-electron chi connectivity index (χ0n) is 12.3. The van der Waals surface area contributed by atoms with Crippen molar-refractivity contribution in [2.45, 2.75) is 19.9 Å². The minimum absolute atomic E-state index is 0.698. The third-order valence-corrected chi connectivity index (χ3v) is 3.30. The standard InChI is InChI=1S/C14H25N5O/c1-2-16-14-17-11-13(12-18-14)10-15-4-3-5-19-6-8-20-9-7-19/h11-12,15H,2-10H2,1H3,(H,16,17,18). The van der Waals surface area contributed by atoms with Crippen LogP contribution in [0.1, 0.15) is 18.9 Å². The molecule has 1 aromatic heterocycles. The van der Waals surface area contributed by atoms with Crippen molar-refractivity contribution >= 4 is 5.95 Å². The van der Waals surface area contributed by atoms with Crippen molar-refractivity contribution in [1.82, 2.24) is 20.2 Å². The number of hydrogen-bond donors (Lipinski definition) is 2. The maximum Gasteiger partial charge on any atom is 0.222 e. The Morgan fingerprint density at radius 2 is 2.00 bits per heavy atom. The molecule has 20 heavy (non-hydrogen) atoms. The Hall–Kier alpha value is -1.24. The fraction of sp³-hybridized carbons (Fsp3) is 0.714. The largest absolute Gasteiger partial charge is 0.379 e. The molecule has 0 amide bonds. The van der Waals surface area contributed by atoms with Crippen LogP contribution in [0.5, 0.6) is 0 Å². The van der Waals surface area contributed by atoms with Gasteiger partial charge < -0.3 is 15.4 Å². The molecule has 0 aliphatic carbocycles. The summed E-state index contributed by atoms with van der Waals surface area (Å²) >= 11 is 0. The third-order valence-electron chi connectivity index (χ3n) is 3.30. The highest BCUT2D eigenvalue weighted by molar-refractivity contribution is 5.24. The highest BCUT2D eigenvalue weighted by atomic mass is 16.5. The van der Waals surface area contributed by atoms with Gasteiger partial charge in [0, 0.05) is 44.1 Å². The van der Waals surface area contributed by atoms with Crippen LogP contribution in [0, 0.1) is 0 Å². The summed E-state index contributed by atoms with van der Waals surface area (Å²) in [7, 11) is 0. The summed E-state index contributed by atoms with van der Waals surface area (Å²) in [5, 5.41) is 6.52. The quantitative estimate of drug-likeness (QED) is 0.684. The lowest BCUT2D eigenvalue weighted by atomic mass is 10.3. The van der Waals surface area contributed by atoms with Crippen LogP contribution in [0.3, 0.4) is 0 Å². The van der Waals surface area contributed by atoms with Crippen LogP contribution in [0.4, 0.5) is 5.95 Å². The van der Waals surface area contributed by atoms with E-state index in [4.69, 9.17) is 4.74 Å². The molecule has 6 nitrogen and oxygen atoms in total. The van der Waals surface area contributed by atoms with Gasteiger partial charge in [-0.1, -0.05) is 0 Å². The van der Waals surface area contributed by atoms with Crippen LogP contribution in [-0.4, -0.2) is 60.8 Å². The lowest BCUT2D eigenvalue weighted by molar-refractivity contribution is 0.0374. The molecule has 0 spiro atoms. The van der Waals surface area contributed by atoms with Crippen LogP contribution in [0.2, 0.25) is 0 Å². The van der Waals surface area contributed by atoms with Gasteiger partial charge in [-0.15, -0.1) is 0 Å². The number of nitrogens with zero attached hydrogens (tertiary/aromatic N) is 3. The second-order valence-corrected chi connectivity index (χ2v) is 4.93. The summed E-state index contributed by atoms with van der Waals surface area (Å²) in [4.78, 5) is 11.0. The molecular formula is C14H25N5O. The Morgan fingerprint density at radius 1 is 1.25 bits per heavy atom. The molecule has 6 heteroatoms. The van der Waals surface area contributed by atoms with Gasteiger partial charge in [0.05, 0.1) is 13.2 Å². The van der Waals surface area contributed by atoms with Crippen molar-refractivity contribution in [2.24, 2.45) is 0 Å². The van der Waals surface area contributed by atoms with Crippen molar-refractivity contribution in [3.05, 3.63) is 18.0 Å². The molecular weight excluding hydrogens is 254 g/mol. The molecule has 1 saturated heterocycles. The first-order valence-corrected chi connectivity index (χ1v) is 7.44. The molecule has 1 aliphatic rings. The van der Waals surface area contributed by atoms with Gasteiger partial charge in [-0.25, -0.2) is 9.97 Å². The van der Waals surface area contributed by atoms with E-state index in [9.17, 15) is 0 Å². The average molecular weight is 279 g/mol. The first-order valence-electron chi connectivity index (χ1n) is 7.44. The van der Waals surface area contributed by atoms with Crippen molar-refractivity contribution in [3.8, 4) is 0 Å². The van der Waals surface area contributed by atoms with Gasteiger partial charge in [-0.05, 0) is 26.4 Å². The number of nitrogens with one attached hydrogen (secondary N) is 2. The van der Waals surface area contributed by atoms with E-state index in [0.29, 0.717) is 5.95 Å². The number of rotatable bonds is 8. The van der Waals surface area contributed by atoms with E-state index in [-0.39, 0.29) is 0 Å². The van der Waals surface area contributed by atoms with Crippen LogP contribution in [0.25, 0.3) is 0 Å². The lowest BCUT2D eigenvalue weighted by Crippen LogP contribution is -2.37. The zero-order chi connectivity index (χ0) is 14.0. The van der Waals surface area contributed by atoms with Crippen molar-refractivity contribution in [3.63, 3.8) is 0 Å². The van der Waals surface area contributed by atoms with Crippen molar-refractivity contribution in [1.29, 1.82) is 0 Å². The molecule has 2 N–H and O–H groups in total. The molecule has 1 aliphatic heterocycles. The fourth-order valence-electron chi connectivity index (χ4n) is 2.18. The Balaban J connectivity index is 1.56. The van der Waals surface area contributed by atoms with Crippen LogP contribution in [-0.2, 0) is 11.3 Å². The maximum absolute atomic E-state index is 5.34. The smallest absolute Gasteiger partial charge is 0.222 e. The normalized spacial score (nSPS) is 16.2. The Labute approximate surface area is 120 Å². The van der Waals surface area contributed by atoms with E-state index in [1.807, 2.05) is 19.3 Å². The Kier molecular flexibility index (Phi) is 6.70. The van der Waals surface area contributed by atoms with E-state index in [1.54, 1.807) is 0 Å². The van der Waals surface area contributed by atoms with E-state index < -0.39 is 0 Å². The molecule has 2 heterocycles. The molecule has 0 atom stereocenters.